The summed E-state index contributed by atoms with van der Waals surface area (Å²) in [6, 6.07) is 0. The third kappa shape index (κ3) is 3.11. The average Bonchev–Trinajstić information content (AvgIpc) is 2.52. The number of halogens is 1. The van der Waals surface area contributed by atoms with Crippen molar-refractivity contribution in [3.8, 4) is 0 Å². The van der Waals surface area contributed by atoms with Crippen molar-refractivity contribution in [1.29, 1.82) is 0 Å². The minimum Gasteiger partial charge on any atom is -0.258 e. The van der Waals surface area contributed by atoms with E-state index in [9.17, 15) is 8.42 Å². The molecule has 0 unspecified atom stereocenters. The molecule has 7 heteroatoms. The number of hydrogen-bond donors (Lipinski definition) is 1. The van der Waals surface area contributed by atoms with Gasteiger partial charge in [-0.2, -0.15) is 0 Å². The first-order valence-corrected chi connectivity index (χ1v) is 7.03. The van der Waals surface area contributed by atoms with E-state index in [1.54, 1.807) is 0 Å². The molecule has 1 heterocycles. The topological polar surface area (TPSA) is 59.1 Å². The molecule has 1 rings (SSSR count). The molecular weight excluding hydrogens is 244 g/mol. The highest BCUT2D eigenvalue weighted by atomic mass is 35.5. The number of thiazole rings is 1. The fourth-order valence-corrected chi connectivity index (χ4v) is 2.58. The first-order chi connectivity index (χ1) is 6.44. The van der Waals surface area contributed by atoms with E-state index in [-0.39, 0.29) is 0 Å². The molecule has 0 saturated heterocycles. The lowest BCUT2D eigenvalue weighted by atomic mass is 10.2. The zero-order valence-corrected chi connectivity index (χ0v) is 10.2. The number of rotatable bonds is 4. The average molecular weight is 255 g/mol. The van der Waals surface area contributed by atoms with E-state index in [1.807, 2.05) is 19.2 Å². The van der Waals surface area contributed by atoms with Crippen LogP contribution >= 0.6 is 22.9 Å². The van der Waals surface area contributed by atoms with E-state index in [2.05, 4.69) is 9.71 Å². The fourth-order valence-electron chi connectivity index (χ4n) is 0.759. The summed E-state index contributed by atoms with van der Waals surface area (Å²) < 4.78 is 24.4. The zero-order chi connectivity index (χ0) is 10.8. The van der Waals surface area contributed by atoms with Crippen LogP contribution in [0.15, 0.2) is 5.38 Å². The Morgan fingerprint density at radius 2 is 2.29 bits per heavy atom. The van der Waals surface area contributed by atoms with Crippen molar-refractivity contribution < 1.29 is 8.42 Å². The summed E-state index contributed by atoms with van der Waals surface area (Å²) in [4.78, 5) is 4.11. The van der Waals surface area contributed by atoms with Crippen molar-refractivity contribution >= 4 is 38.1 Å². The minimum absolute atomic E-state index is 0.292. The predicted molar refractivity (Wildman–Crippen MR) is 59.5 cm³/mol. The van der Waals surface area contributed by atoms with E-state index in [0.717, 1.165) is 5.69 Å². The van der Waals surface area contributed by atoms with Gasteiger partial charge in [0, 0.05) is 5.38 Å². The summed E-state index contributed by atoms with van der Waals surface area (Å²) in [5, 5.41) is 1.75. The molecule has 0 amide bonds. The molecule has 0 aliphatic carbocycles. The number of nitrogens with one attached hydrogen (secondary N) is 1. The van der Waals surface area contributed by atoms with Gasteiger partial charge in [0.05, 0.1) is 5.69 Å². The molecule has 0 bridgehead atoms. The van der Waals surface area contributed by atoms with Crippen LogP contribution in [-0.2, 0) is 10.0 Å². The molecule has 0 aliphatic heterocycles. The number of anilines is 1. The molecule has 0 aliphatic rings. The van der Waals surface area contributed by atoms with Gasteiger partial charge in [-0.05, 0) is 5.92 Å². The van der Waals surface area contributed by atoms with Crippen LogP contribution < -0.4 is 4.72 Å². The second-order valence-corrected chi connectivity index (χ2v) is 6.22. The van der Waals surface area contributed by atoms with Crippen molar-refractivity contribution in [3.63, 3.8) is 0 Å². The van der Waals surface area contributed by atoms with Crippen molar-refractivity contribution in [2.75, 3.05) is 9.93 Å². The third-order valence-corrected chi connectivity index (χ3v) is 4.06. The lowest BCUT2D eigenvalue weighted by Gasteiger charge is -2.00. The van der Waals surface area contributed by atoms with Gasteiger partial charge in [0.2, 0.25) is 10.0 Å². The molecular formula is C7H11ClN2O2S2. The number of nitrogens with zero attached hydrogens (tertiary/aromatic N) is 1. The van der Waals surface area contributed by atoms with Gasteiger partial charge in [-0.25, -0.2) is 13.4 Å². The quantitative estimate of drug-likeness (QED) is 0.838. The number of sulfonamides is 1. The molecule has 0 radical (unpaired) electrons. The normalized spacial score (nSPS) is 12.0. The monoisotopic (exact) mass is 254 g/mol. The molecule has 0 atom stereocenters. The van der Waals surface area contributed by atoms with Gasteiger partial charge in [-0.1, -0.05) is 13.8 Å². The summed E-state index contributed by atoms with van der Waals surface area (Å²) >= 11 is 6.50. The summed E-state index contributed by atoms with van der Waals surface area (Å²) in [6.07, 6.45) is 0. The largest absolute Gasteiger partial charge is 0.258 e. The van der Waals surface area contributed by atoms with Crippen molar-refractivity contribution in [2.24, 2.45) is 0 Å². The van der Waals surface area contributed by atoms with Crippen LogP contribution in [0.25, 0.3) is 0 Å². The summed E-state index contributed by atoms with van der Waals surface area (Å²) in [7, 11) is -3.42. The Labute approximate surface area is 92.4 Å². The Morgan fingerprint density at radius 3 is 2.71 bits per heavy atom. The van der Waals surface area contributed by atoms with Crippen LogP contribution in [0.3, 0.4) is 0 Å². The molecule has 0 aromatic carbocycles. The second kappa shape index (κ2) is 4.46. The highest BCUT2D eigenvalue weighted by Gasteiger charge is 2.12. The van der Waals surface area contributed by atoms with Crippen molar-refractivity contribution in [2.45, 2.75) is 19.8 Å². The van der Waals surface area contributed by atoms with Gasteiger partial charge in [0.15, 0.2) is 5.13 Å². The Bertz CT molecular complexity index is 400. The van der Waals surface area contributed by atoms with Gasteiger partial charge in [-0.15, -0.1) is 22.9 Å². The van der Waals surface area contributed by atoms with Gasteiger partial charge < -0.3 is 0 Å². The van der Waals surface area contributed by atoms with Crippen LogP contribution in [0.4, 0.5) is 5.13 Å². The number of alkyl halides is 1. The van der Waals surface area contributed by atoms with E-state index in [1.165, 1.54) is 11.3 Å². The Morgan fingerprint density at radius 1 is 1.64 bits per heavy atom. The predicted octanol–water partition coefficient (Wildman–Crippen LogP) is 2.20. The molecule has 0 spiro atoms. The molecule has 0 fully saturated rings. The third-order valence-electron chi connectivity index (χ3n) is 1.50. The second-order valence-electron chi connectivity index (χ2n) is 3.06. The Balaban J connectivity index is 2.79. The van der Waals surface area contributed by atoms with Crippen LogP contribution in [0, 0.1) is 0 Å². The standard InChI is InChI=1S/C7H11ClN2O2S2/c1-5(2)6-3-13-7(9-6)10-14(11,12)4-8/h3,5H,4H2,1-2H3,(H,9,10). The molecule has 0 saturated carbocycles. The molecule has 14 heavy (non-hydrogen) atoms. The lowest BCUT2D eigenvalue weighted by Crippen LogP contribution is -2.13. The number of hydrogen-bond acceptors (Lipinski definition) is 4. The maximum Gasteiger partial charge on any atom is 0.248 e. The van der Waals surface area contributed by atoms with Crippen LogP contribution in [0.5, 0.6) is 0 Å². The maximum absolute atomic E-state index is 11.1. The molecule has 4 nitrogen and oxygen atoms in total. The van der Waals surface area contributed by atoms with Gasteiger partial charge in [0.1, 0.15) is 5.21 Å². The fraction of sp³-hybridized carbons (Fsp3) is 0.571. The molecule has 1 N–H and O–H groups in total. The Kier molecular flexibility index (Phi) is 3.74. The smallest absolute Gasteiger partial charge is 0.248 e. The Hall–Kier alpha value is -0.330. The first-order valence-electron chi connectivity index (χ1n) is 3.96. The molecule has 1 aromatic rings. The molecule has 1 aromatic heterocycles. The van der Waals surface area contributed by atoms with Gasteiger partial charge in [0.25, 0.3) is 0 Å². The summed E-state index contributed by atoms with van der Waals surface area (Å²) in [6.45, 7) is 3.99. The van der Waals surface area contributed by atoms with Crippen LogP contribution in [0.1, 0.15) is 25.5 Å². The van der Waals surface area contributed by atoms with E-state index in [0.29, 0.717) is 11.0 Å². The van der Waals surface area contributed by atoms with E-state index >= 15 is 0 Å². The lowest BCUT2D eigenvalue weighted by molar-refractivity contribution is 0.605. The first kappa shape index (κ1) is 11.7. The number of aromatic nitrogens is 1. The highest BCUT2D eigenvalue weighted by Crippen LogP contribution is 2.22. The van der Waals surface area contributed by atoms with E-state index < -0.39 is 15.2 Å². The van der Waals surface area contributed by atoms with Crippen molar-refractivity contribution in [1.82, 2.24) is 4.98 Å². The summed E-state index contributed by atoms with van der Waals surface area (Å²) in [5.41, 5.74) is 0.877. The van der Waals surface area contributed by atoms with Crippen LogP contribution in [-0.4, -0.2) is 18.6 Å². The van der Waals surface area contributed by atoms with Gasteiger partial charge in [-0.3, -0.25) is 4.72 Å². The van der Waals surface area contributed by atoms with Crippen LogP contribution in [0.2, 0.25) is 0 Å². The maximum atomic E-state index is 11.1. The minimum atomic E-state index is -3.42. The summed E-state index contributed by atoms with van der Waals surface area (Å²) in [5.74, 6) is 0.292. The van der Waals surface area contributed by atoms with E-state index in [4.69, 9.17) is 11.6 Å². The zero-order valence-electron chi connectivity index (χ0n) is 7.82. The van der Waals surface area contributed by atoms with Crippen molar-refractivity contribution in [3.05, 3.63) is 11.1 Å². The SMILES string of the molecule is CC(C)c1csc(NS(=O)(=O)CCl)n1. The van der Waals surface area contributed by atoms with Gasteiger partial charge >= 0.3 is 0 Å². The molecule has 80 valence electrons. The highest BCUT2D eigenvalue weighted by molar-refractivity contribution is 7.94.